The summed E-state index contributed by atoms with van der Waals surface area (Å²) in [6, 6.07) is 52.1. The first-order valence-electron chi connectivity index (χ1n) is 18.3. The van der Waals surface area contributed by atoms with Gasteiger partial charge in [-0.2, -0.15) is 4.57 Å². The SMILES string of the molecule is [2H]C([2H])([2H])n1[cH+]n(-c2cccc(N(c3ccc4c5ccccc5n(-c5cc(-c6ccccc6)ccn5)c4c3)c3c(C)cccc3C)c2)c2ccccc21. The highest BCUT2D eigenvalue weighted by Crippen LogP contribution is 2.42. The predicted molar refractivity (Wildman–Crippen MR) is 208 cm³/mol. The quantitative estimate of drug-likeness (QED) is 0.168. The molecule has 0 saturated heterocycles. The maximum atomic E-state index is 8.22. The van der Waals surface area contributed by atoms with E-state index in [0.717, 1.165) is 78.1 Å². The normalized spacial score (nSPS) is 12.6. The fourth-order valence-corrected chi connectivity index (χ4v) is 7.36. The fourth-order valence-electron chi connectivity index (χ4n) is 7.36. The molecule has 0 unspecified atom stereocenters. The molecule has 5 heteroatoms. The molecule has 0 aliphatic carbocycles. The minimum absolute atomic E-state index is 0.646. The Hall–Kier alpha value is -6.46. The molecule has 3 heterocycles. The van der Waals surface area contributed by atoms with Crippen LogP contribution in [-0.2, 0) is 6.98 Å². The summed E-state index contributed by atoms with van der Waals surface area (Å²) in [5, 5.41) is 2.29. The van der Waals surface area contributed by atoms with Gasteiger partial charge in [0.05, 0.1) is 22.4 Å². The van der Waals surface area contributed by atoms with Crippen molar-refractivity contribution in [2.75, 3.05) is 4.90 Å². The zero-order valence-electron chi connectivity index (χ0n) is 30.8. The molecular formula is C45H36N5+. The number of anilines is 3. The molecule has 0 fully saturated rings. The number of aryl methyl sites for hydroxylation is 3. The summed E-state index contributed by atoms with van der Waals surface area (Å²) in [5.41, 5.74) is 12.0. The van der Waals surface area contributed by atoms with Gasteiger partial charge >= 0.3 is 0 Å². The molecule has 6 aromatic carbocycles. The van der Waals surface area contributed by atoms with Crippen LogP contribution in [-0.4, -0.2) is 18.7 Å². The Morgan fingerprint density at radius 1 is 0.580 bits per heavy atom. The number of aromatic nitrogens is 4. The lowest BCUT2D eigenvalue weighted by molar-refractivity contribution is 0.911. The summed E-state index contributed by atoms with van der Waals surface area (Å²) in [6.07, 6.45) is 3.57. The van der Waals surface area contributed by atoms with Crippen LogP contribution in [0.3, 0.4) is 0 Å². The number of fused-ring (bicyclic) bond motifs is 4. The second-order valence-corrected chi connectivity index (χ2v) is 12.8. The molecule has 0 spiro atoms. The van der Waals surface area contributed by atoms with Crippen molar-refractivity contribution >= 4 is 49.9 Å². The zero-order valence-corrected chi connectivity index (χ0v) is 27.8. The lowest BCUT2D eigenvalue weighted by atomic mass is 10.0. The predicted octanol–water partition coefficient (Wildman–Crippen LogP) is 11.5. The van der Waals surface area contributed by atoms with E-state index in [2.05, 4.69) is 133 Å². The van der Waals surface area contributed by atoms with Gasteiger partial charge in [-0.1, -0.05) is 72.8 Å². The van der Waals surface area contributed by atoms with Crippen molar-refractivity contribution in [1.29, 1.82) is 0 Å². The molecule has 0 radical (unpaired) electrons. The summed E-state index contributed by atoms with van der Waals surface area (Å²) < 4.78 is 30.3. The minimum atomic E-state index is -2.32. The summed E-state index contributed by atoms with van der Waals surface area (Å²) in [7, 11) is 0. The van der Waals surface area contributed by atoms with Crippen molar-refractivity contribution in [3.63, 3.8) is 0 Å². The van der Waals surface area contributed by atoms with E-state index in [1.54, 1.807) is 6.33 Å². The van der Waals surface area contributed by atoms with Crippen LogP contribution in [0.4, 0.5) is 17.1 Å². The van der Waals surface area contributed by atoms with Crippen molar-refractivity contribution in [2.45, 2.75) is 13.8 Å². The number of nitrogens with zero attached hydrogens (tertiary/aromatic N) is 5. The molecule has 0 saturated carbocycles. The molecule has 5 nitrogen and oxygen atoms in total. The largest absolute Gasteiger partial charge is 0.309 e. The molecule has 9 aromatic rings. The highest BCUT2D eigenvalue weighted by molar-refractivity contribution is 6.10. The van der Waals surface area contributed by atoms with E-state index in [-0.39, 0.29) is 0 Å². The maximum absolute atomic E-state index is 8.22. The van der Waals surface area contributed by atoms with Crippen molar-refractivity contribution < 1.29 is 4.11 Å². The first-order valence-corrected chi connectivity index (χ1v) is 16.8. The number of para-hydroxylation sites is 4. The van der Waals surface area contributed by atoms with Crippen LogP contribution in [0.15, 0.2) is 164 Å². The topological polar surface area (TPSA) is 30.9 Å². The Bertz CT molecular complexity index is 2790. The van der Waals surface area contributed by atoms with E-state index < -0.39 is 6.98 Å². The Morgan fingerprint density at radius 3 is 2.10 bits per heavy atom. The number of imidazole rings is 1. The molecule has 0 atom stereocenters. The van der Waals surface area contributed by atoms with Gasteiger partial charge in [0.15, 0.2) is 17.4 Å². The smallest absolute Gasteiger partial charge is 0.191 e. The van der Waals surface area contributed by atoms with Crippen molar-refractivity contribution in [1.82, 2.24) is 18.7 Å². The molecule has 0 amide bonds. The Labute approximate surface area is 295 Å². The number of pyridine rings is 1. The van der Waals surface area contributed by atoms with Gasteiger partial charge in [0.25, 0.3) is 0 Å². The van der Waals surface area contributed by atoms with Crippen LogP contribution in [0.2, 0.25) is 0 Å². The molecule has 0 aliphatic rings. The van der Waals surface area contributed by atoms with Crippen molar-refractivity contribution in [3.8, 4) is 22.6 Å². The summed E-state index contributed by atoms with van der Waals surface area (Å²) in [6.45, 7) is 1.97. The molecule has 0 N–H and O–H groups in total. The van der Waals surface area contributed by atoms with E-state index in [1.807, 2.05) is 53.2 Å². The minimum Gasteiger partial charge on any atom is -0.309 e. The van der Waals surface area contributed by atoms with Crippen LogP contribution in [0.5, 0.6) is 0 Å². The van der Waals surface area contributed by atoms with Crippen LogP contribution in [0.1, 0.15) is 15.2 Å². The number of rotatable bonds is 6. The Kier molecular flexibility index (Phi) is 6.30. The Balaban J connectivity index is 1.27. The fraction of sp³-hybridized carbons (Fsp3) is 0.0667. The number of hydrogen-bond donors (Lipinski definition) is 0. The highest BCUT2D eigenvalue weighted by atomic mass is 15.2. The first-order chi connectivity index (χ1) is 25.8. The van der Waals surface area contributed by atoms with Crippen LogP contribution in [0, 0.1) is 13.8 Å². The van der Waals surface area contributed by atoms with Crippen LogP contribution < -0.4 is 4.90 Å². The third-order valence-electron chi connectivity index (χ3n) is 9.66. The van der Waals surface area contributed by atoms with Gasteiger partial charge in [0, 0.05) is 58.0 Å². The molecule has 3 aromatic heterocycles. The van der Waals surface area contributed by atoms with E-state index in [1.165, 1.54) is 4.57 Å². The maximum Gasteiger partial charge on any atom is 0.191 e. The zero-order chi connectivity index (χ0) is 36.3. The van der Waals surface area contributed by atoms with Gasteiger partial charge in [-0.15, -0.1) is 0 Å². The van der Waals surface area contributed by atoms with Gasteiger partial charge < -0.3 is 4.90 Å². The van der Waals surface area contributed by atoms with E-state index >= 15 is 0 Å². The van der Waals surface area contributed by atoms with Crippen molar-refractivity contribution in [2.24, 2.45) is 6.98 Å². The van der Waals surface area contributed by atoms with Gasteiger partial charge in [0.2, 0.25) is 0 Å². The average Bonchev–Trinajstić information content (AvgIpc) is 3.73. The molecular weight excluding hydrogens is 611 g/mol. The van der Waals surface area contributed by atoms with Crippen molar-refractivity contribution in [3.05, 3.63) is 175 Å². The van der Waals surface area contributed by atoms with E-state index in [9.17, 15) is 0 Å². The lowest BCUT2D eigenvalue weighted by Crippen LogP contribution is -2.13. The number of benzene rings is 6. The standard InChI is InChI=1S/C45H36N5/c1-31-13-11-14-32(2)45(31)49(36-18-12-17-35(28-36)48-30-47(3)41-21-9-10-22-42(41)48)37-23-24-39-38-19-7-8-20-40(38)50(43(39)29-37)44-27-34(25-26-46-44)33-15-5-4-6-16-33/h4-30H,1-3H3/q+1/i3D3. The number of hydrogen-bond acceptors (Lipinski definition) is 2. The lowest BCUT2D eigenvalue weighted by Gasteiger charge is -2.29. The molecule has 50 heavy (non-hydrogen) atoms. The van der Waals surface area contributed by atoms with E-state index in [0.29, 0.717) is 5.52 Å². The highest BCUT2D eigenvalue weighted by Gasteiger charge is 2.22. The summed E-state index contributed by atoms with van der Waals surface area (Å²) in [5.74, 6) is 0.845. The molecule has 0 bridgehead atoms. The van der Waals surface area contributed by atoms with Gasteiger partial charge in [-0.05, 0) is 90.7 Å². The molecule has 0 aliphatic heterocycles. The molecule has 9 rings (SSSR count). The van der Waals surface area contributed by atoms with Crippen LogP contribution >= 0.6 is 0 Å². The monoisotopic (exact) mass is 649 g/mol. The molecule has 240 valence electrons. The second kappa shape index (κ2) is 11.9. The van der Waals surface area contributed by atoms with Gasteiger partial charge in [-0.3, -0.25) is 4.57 Å². The second-order valence-electron chi connectivity index (χ2n) is 12.8. The van der Waals surface area contributed by atoms with Gasteiger partial charge in [-0.25, -0.2) is 9.55 Å². The third-order valence-corrected chi connectivity index (χ3v) is 9.66. The summed E-state index contributed by atoms with van der Waals surface area (Å²) >= 11 is 0. The van der Waals surface area contributed by atoms with Crippen LogP contribution in [0.25, 0.3) is 55.5 Å². The first kappa shape index (κ1) is 26.5. The van der Waals surface area contributed by atoms with Gasteiger partial charge in [0.1, 0.15) is 11.5 Å². The van der Waals surface area contributed by atoms with E-state index in [4.69, 9.17) is 9.10 Å². The Morgan fingerprint density at radius 2 is 1.28 bits per heavy atom. The third kappa shape index (κ3) is 4.86. The summed E-state index contributed by atoms with van der Waals surface area (Å²) in [4.78, 5) is 7.23. The average molecular weight is 650 g/mol.